The van der Waals surface area contributed by atoms with E-state index in [9.17, 15) is 4.39 Å². The Labute approximate surface area is 117 Å². The summed E-state index contributed by atoms with van der Waals surface area (Å²) in [4.78, 5) is 4.03. The highest BCUT2D eigenvalue weighted by molar-refractivity contribution is 6.52. The molecule has 2 rings (SSSR count). The van der Waals surface area contributed by atoms with Crippen LogP contribution in [0.15, 0.2) is 24.3 Å². The zero-order chi connectivity index (χ0) is 12.6. The van der Waals surface area contributed by atoms with Gasteiger partial charge in [-0.3, -0.25) is 0 Å². The maximum atomic E-state index is 12.8. The van der Waals surface area contributed by atoms with Crippen molar-refractivity contribution in [2.24, 2.45) is 0 Å². The van der Waals surface area contributed by atoms with Crippen LogP contribution in [0.25, 0.3) is 11.3 Å². The highest BCUT2D eigenvalue weighted by Crippen LogP contribution is 2.39. The van der Waals surface area contributed by atoms with Crippen LogP contribution in [0, 0.1) is 5.82 Å². The van der Waals surface area contributed by atoms with Crippen molar-refractivity contribution in [3.05, 3.63) is 50.3 Å². The predicted octanol–water partition coefficient (Wildman–Crippen LogP) is 5.50. The Morgan fingerprint density at radius 2 is 1.41 bits per heavy atom. The first-order valence-electron chi connectivity index (χ1n) is 4.46. The molecular formula is C11H4Cl4FN. The average Bonchev–Trinajstić information content (AvgIpc) is 2.32. The van der Waals surface area contributed by atoms with Gasteiger partial charge in [0.25, 0.3) is 0 Å². The number of rotatable bonds is 1. The molecule has 0 unspecified atom stereocenters. The number of hydrogen-bond acceptors (Lipinski definition) is 1. The van der Waals surface area contributed by atoms with Crippen molar-refractivity contribution in [3.63, 3.8) is 0 Å². The van der Waals surface area contributed by atoms with E-state index in [0.29, 0.717) is 11.3 Å². The summed E-state index contributed by atoms with van der Waals surface area (Å²) in [6.45, 7) is 0. The van der Waals surface area contributed by atoms with Gasteiger partial charge in [-0.1, -0.05) is 46.4 Å². The standard InChI is InChI=1S/C11H4Cl4FN/c12-7-8(13)10(17-11(15)9(7)14)5-1-3-6(16)4-2-5/h1-4H. The summed E-state index contributed by atoms with van der Waals surface area (Å²) in [7, 11) is 0. The predicted molar refractivity (Wildman–Crippen MR) is 69.7 cm³/mol. The van der Waals surface area contributed by atoms with E-state index in [1.165, 1.54) is 24.3 Å². The Balaban J connectivity index is 2.64. The molecule has 0 radical (unpaired) electrons. The maximum absolute atomic E-state index is 12.8. The normalized spacial score (nSPS) is 10.6. The Morgan fingerprint density at radius 1 is 0.824 bits per heavy atom. The molecule has 0 N–H and O–H groups in total. The molecule has 0 aliphatic rings. The summed E-state index contributed by atoms with van der Waals surface area (Å²) in [5, 5.41) is 0.477. The molecule has 0 aliphatic carbocycles. The quantitative estimate of drug-likeness (QED) is 0.634. The molecule has 0 bridgehead atoms. The largest absolute Gasteiger partial charge is 0.233 e. The van der Waals surface area contributed by atoms with E-state index in [1.54, 1.807) is 0 Å². The van der Waals surface area contributed by atoms with Crippen molar-refractivity contribution < 1.29 is 4.39 Å². The molecule has 0 spiro atoms. The molecule has 0 saturated heterocycles. The monoisotopic (exact) mass is 309 g/mol. The summed E-state index contributed by atoms with van der Waals surface area (Å²) in [6, 6.07) is 5.65. The molecule has 0 atom stereocenters. The summed E-state index contributed by atoms with van der Waals surface area (Å²) in [5.41, 5.74) is 0.975. The van der Waals surface area contributed by atoms with Crippen LogP contribution in [0.5, 0.6) is 0 Å². The average molecular weight is 311 g/mol. The summed E-state index contributed by atoms with van der Waals surface area (Å²) in [6.07, 6.45) is 0. The Hall–Kier alpha value is -0.540. The van der Waals surface area contributed by atoms with Crippen LogP contribution in [0.2, 0.25) is 20.2 Å². The minimum absolute atomic E-state index is 0.0559. The van der Waals surface area contributed by atoms with Crippen LogP contribution in [0.3, 0.4) is 0 Å². The lowest BCUT2D eigenvalue weighted by atomic mass is 10.1. The number of halogens is 5. The van der Waals surface area contributed by atoms with Crippen LogP contribution in [0.4, 0.5) is 4.39 Å². The minimum Gasteiger partial charge on any atom is -0.233 e. The van der Waals surface area contributed by atoms with Crippen LogP contribution in [-0.2, 0) is 0 Å². The third-order valence-corrected chi connectivity index (χ3v) is 3.78. The van der Waals surface area contributed by atoms with Crippen LogP contribution in [-0.4, -0.2) is 4.98 Å². The van der Waals surface area contributed by atoms with Crippen LogP contribution in [0.1, 0.15) is 0 Å². The molecule has 1 heterocycles. The van der Waals surface area contributed by atoms with Gasteiger partial charge in [-0.15, -0.1) is 0 Å². The lowest BCUT2D eigenvalue weighted by Gasteiger charge is -2.08. The molecule has 0 saturated carbocycles. The van der Waals surface area contributed by atoms with Crippen molar-refractivity contribution in [1.82, 2.24) is 4.98 Å². The second-order valence-electron chi connectivity index (χ2n) is 3.20. The molecule has 1 aromatic carbocycles. The van der Waals surface area contributed by atoms with Gasteiger partial charge in [0.15, 0.2) is 0 Å². The molecule has 1 aromatic heterocycles. The van der Waals surface area contributed by atoms with Crippen molar-refractivity contribution in [2.45, 2.75) is 0 Å². The Morgan fingerprint density at radius 3 is 2.00 bits per heavy atom. The highest BCUT2D eigenvalue weighted by atomic mass is 35.5. The zero-order valence-electron chi connectivity index (χ0n) is 8.15. The fourth-order valence-corrected chi connectivity index (χ4v) is 2.12. The smallest absolute Gasteiger partial charge is 0.149 e. The SMILES string of the molecule is Fc1ccc(-c2nc(Cl)c(Cl)c(Cl)c2Cl)cc1. The first-order valence-corrected chi connectivity index (χ1v) is 5.98. The number of pyridine rings is 1. The number of aromatic nitrogens is 1. The molecule has 1 nitrogen and oxygen atoms in total. The second-order valence-corrected chi connectivity index (χ2v) is 4.69. The summed E-state index contributed by atoms with van der Waals surface area (Å²) in [5.74, 6) is -0.351. The van der Waals surface area contributed by atoms with E-state index >= 15 is 0 Å². The van der Waals surface area contributed by atoms with Gasteiger partial charge >= 0.3 is 0 Å². The van der Waals surface area contributed by atoms with E-state index in [0.717, 1.165) is 0 Å². The van der Waals surface area contributed by atoms with E-state index in [1.807, 2.05) is 0 Å². The van der Waals surface area contributed by atoms with Gasteiger partial charge in [0, 0.05) is 5.56 Å². The number of nitrogens with zero attached hydrogens (tertiary/aromatic N) is 1. The van der Waals surface area contributed by atoms with Crippen LogP contribution < -0.4 is 0 Å². The first kappa shape index (κ1) is 12.9. The van der Waals surface area contributed by atoms with Gasteiger partial charge < -0.3 is 0 Å². The van der Waals surface area contributed by atoms with Crippen LogP contribution >= 0.6 is 46.4 Å². The van der Waals surface area contributed by atoms with E-state index in [4.69, 9.17) is 46.4 Å². The first-order chi connectivity index (χ1) is 8.00. The molecule has 17 heavy (non-hydrogen) atoms. The molecule has 2 aromatic rings. The Bertz CT molecular complexity index is 569. The van der Waals surface area contributed by atoms with E-state index in [-0.39, 0.29) is 26.0 Å². The highest BCUT2D eigenvalue weighted by Gasteiger charge is 2.16. The zero-order valence-corrected chi connectivity index (χ0v) is 11.2. The molecular weight excluding hydrogens is 307 g/mol. The number of hydrogen-bond donors (Lipinski definition) is 0. The van der Waals surface area contributed by atoms with Gasteiger partial charge in [-0.2, -0.15) is 0 Å². The summed E-state index contributed by atoms with van der Waals surface area (Å²) < 4.78 is 12.8. The third kappa shape index (κ3) is 2.50. The summed E-state index contributed by atoms with van der Waals surface area (Å²) >= 11 is 23.5. The van der Waals surface area contributed by atoms with Gasteiger partial charge in [0.05, 0.1) is 20.8 Å². The topological polar surface area (TPSA) is 12.9 Å². The lowest BCUT2D eigenvalue weighted by molar-refractivity contribution is 0.628. The number of benzene rings is 1. The van der Waals surface area contributed by atoms with Crippen molar-refractivity contribution >= 4 is 46.4 Å². The molecule has 6 heteroatoms. The van der Waals surface area contributed by atoms with E-state index in [2.05, 4.69) is 4.98 Å². The van der Waals surface area contributed by atoms with Gasteiger partial charge in [0.1, 0.15) is 11.0 Å². The fourth-order valence-electron chi connectivity index (χ4n) is 1.29. The van der Waals surface area contributed by atoms with E-state index < -0.39 is 0 Å². The third-order valence-electron chi connectivity index (χ3n) is 2.10. The molecule has 0 aliphatic heterocycles. The lowest BCUT2D eigenvalue weighted by Crippen LogP contribution is -1.89. The van der Waals surface area contributed by atoms with Gasteiger partial charge in [-0.05, 0) is 24.3 Å². The van der Waals surface area contributed by atoms with Crippen molar-refractivity contribution in [1.29, 1.82) is 0 Å². The van der Waals surface area contributed by atoms with Gasteiger partial charge in [0.2, 0.25) is 0 Å². The fraction of sp³-hybridized carbons (Fsp3) is 0. The Kier molecular flexibility index (Phi) is 3.79. The molecule has 0 amide bonds. The minimum atomic E-state index is -0.351. The van der Waals surface area contributed by atoms with Crippen molar-refractivity contribution in [3.8, 4) is 11.3 Å². The molecule has 0 fully saturated rings. The van der Waals surface area contributed by atoms with Gasteiger partial charge in [-0.25, -0.2) is 9.37 Å². The molecule has 88 valence electrons. The second kappa shape index (κ2) is 4.99. The van der Waals surface area contributed by atoms with Crippen molar-refractivity contribution in [2.75, 3.05) is 0 Å². The maximum Gasteiger partial charge on any atom is 0.149 e.